The van der Waals surface area contributed by atoms with Gasteiger partial charge in [-0.1, -0.05) is 23.2 Å². The van der Waals surface area contributed by atoms with Crippen molar-refractivity contribution in [3.8, 4) is 6.07 Å². The minimum absolute atomic E-state index is 0.237. The van der Waals surface area contributed by atoms with Crippen molar-refractivity contribution in [3.63, 3.8) is 0 Å². The maximum absolute atomic E-state index is 8.29. The molecule has 0 spiro atoms. The van der Waals surface area contributed by atoms with Gasteiger partial charge in [-0.25, -0.2) is 0 Å². The van der Waals surface area contributed by atoms with E-state index in [0.717, 1.165) is 5.69 Å². The summed E-state index contributed by atoms with van der Waals surface area (Å²) in [5.74, 6) is 0. The van der Waals surface area contributed by atoms with Crippen LogP contribution < -0.4 is 5.32 Å². The van der Waals surface area contributed by atoms with Crippen molar-refractivity contribution in [2.24, 2.45) is 0 Å². The van der Waals surface area contributed by atoms with Crippen molar-refractivity contribution in [3.05, 3.63) is 28.2 Å². The number of benzene rings is 1. The van der Waals surface area contributed by atoms with Crippen LogP contribution >= 0.6 is 23.2 Å². The summed E-state index contributed by atoms with van der Waals surface area (Å²) >= 11 is 11.5. The third kappa shape index (κ3) is 2.30. The SMILES string of the molecule is N#CCNc1ccc(Cl)cc1Cl. The molecule has 12 heavy (non-hydrogen) atoms. The Hall–Kier alpha value is -0.910. The van der Waals surface area contributed by atoms with E-state index in [0.29, 0.717) is 10.0 Å². The smallest absolute Gasteiger partial charge is 0.103 e. The fraction of sp³-hybridized carbons (Fsp3) is 0.125. The summed E-state index contributed by atoms with van der Waals surface area (Å²) in [5, 5.41) is 12.2. The van der Waals surface area contributed by atoms with Gasteiger partial charge >= 0.3 is 0 Å². The van der Waals surface area contributed by atoms with Crippen molar-refractivity contribution in [2.75, 3.05) is 11.9 Å². The molecular formula is C8H6Cl2N2. The van der Waals surface area contributed by atoms with Gasteiger partial charge < -0.3 is 5.32 Å². The first kappa shape index (κ1) is 9.18. The molecule has 4 heteroatoms. The Bertz CT molecular complexity index is 317. The Morgan fingerprint density at radius 2 is 2.17 bits per heavy atom. The molecule has 0 saturated heterocycles. The zero-order valence-corrected chi connectivity index (χ0v) is 7.65. The number of rotatable bonds is 2. The fourth-order valence-corrected chi connectivity index (χ4v) is 1.24. The van der Waals surface area contributed by atoms with Gasteiger partial charge in [0.25, 0.3) is 0 Å². The van der Waals surface area contributed by atoms with Gasteiger partial charge in [0.2, 0.25) is 0 Å². The second kappa shape index (κ2) is 4.20. The van der Waals surface area contributed by atoms with E-state index < -0.39 is 0 Å². The lowest BCUT2D eigenvalue weighted by atomic mass is 10.3. The molecule has 0 fully saturated rings. The Balaban J connectivity index is 2.81. The maximum Gasteiger partial charge on any atom is 0.103 e. The molecule has 0 bridgehead atoms. The Morgan fingerprint density at radius 3 is 2.75 bits per heavy atom. The molecule has 1 aromatic carbocycles. The van der Waals surface area contributed by atoms with Crippen molar-refractivity contribution >= 4 is 28.9 Å². The summed E-state index contributed by atoms with van der Waals surface area (Å²) in [6.07, 6.45) is 0. The Labute approximate surface area is 80.7 Å². The molecule has 0 aromatic heterocycles. The monoisotopic (exact) mass is 200 g/mol. The van der Waals surface area contributed by atoms with E-state index >= 15 is 0 Å². The molecule has 0 atom stereocenters. The van der Waals surface area contributed by atoms with Gasteiger partial charge in [0.05, 0.1) is 16.8 Å². The van der Waals surface area contributed by atoms with Gasteiger partial charge in [0, 0.05) is 5.02 Å². The Kier molecular flexibility index (Phi) is 3.21. The summed E-state index contributed by atoms with van der Waals surface area (Å²) in [4.78, 5) is 0. The molecule has 0 unspecified atom stereocenters. The molecule has 1 aromatic rings. The van der Waals surface area contributed by atoms with Crippen LogP contribution in [0.4, 0.5) is 5.69 Å². The average molecular weight is 201 g/mol. The molecule has 2 nitrogen and oxygen atoms in total. The molecule has 0 aliphatic heterocycles. The topological polar surface area (TPSA) is 35.8 Å². The Morgan fingerprint density at radius 1 is 1.42 bits per heavy atom. The van der Waals surface area contributed by atoms with E-state index in [1.54, 1.807) is 18.2 Å². The van der Waals surface area contributed by atoms with Gasteiger partial charge in [-0.05, 0) is 18.2 Å². The van der Waals surface area contributed by atoms with Crippen LogP contribution in [0.3, 0.4) is 0 Å². The zero-order valence-electron chi connectivity index (χ0n) is 6.14. The standard InChI is InChI=1S/C8H6Cl2N2/c9-6-1-2-8(7(10)5-6)12-4-3-11/h1-2,5,12H,4H2. The van der Waals surface area contributed by atoms with Gasteiger partial charge in [-0.3, -0.25) is 0 Å². The third-order valence-corrected chi connectivity index (χ3v) is 1.84. The number of nitriles is 1. The van der Waals surface area contributed by atoms with E-state index in [1.807, 2.05) is 6.07 Å². The van der Waals surface area contributed by atoms with E-state index in [4.69, 9.17) is 28.5 Å². The largest absolute Gasteiger partial charge is 0.371 e. The van der Waals surface area contributed by atoms with Gasteiger partial charge in [-0.15, -0.1) is 0 Å². The molecule has 1 N–H and O–H groups in total. The quantitative estimate of drug-likeness (QED) is 0.746. The van der Waals surface area contributed by atoms with Crippen molar-refractivity contribution in [2.45, 2.75) is 0 Å². The maximum atomic E-state index is 8.29. The highest BCUT2D eigenvalue weighted by Crippen LogP contribution is 2.24. The van der Waals surface area contributed by atoms with Crippen LogP contribution in [0.5, 0.6) is 0 Å². The van der Waals surface area contributed by atoms with Gasteiger partial charge in [0.15, 0.2) is 0 Å². The van der Waals surface area contributed by atoms with Gasteiger partial charge in [0.1, 0.15) is 6.54 Å². The lowest BCUT2D eigenvalue weighted by molar-refractivity contribution is 1.32. The number of anilines is 1. The summed E-state index contributed by atoms with van der Waals surface area (Å²) in [5.41, 5.74) is 0.725. The summed E-state index contributed by atoms with van der Waals surface area (Å²) in [6.45, 7) is 0.237. The van der Waals surface area contributed by atoms with E-state index in [-0.39, 0.29) is 6.54 Å². The van der Waals surface area contributed by atoms with Gasteiger partial charge in [-0.2, -0.15) is 5.26 Å². The summed E-state index contributed by atoms with van der Waals surface area (Å²) < 4.78 is 0. The van der Waals surface area contributed by atoms with Crippen LogP contribution in [0.1, 0.15) is 0 Å². The zero-order chi connectivity index (χ0) is 8.97. The number of hydrogen-bond donors (Lipinski definition) is 1. The molecule has 0 radical (unpaired) electrons. The highest BCUT2D eigenvalue weighted by atomic mass is 35.5. The molecule has 0 amide bonds. The minimum Gasteiger partial charge on any atom is -0.371 e. The fourth-order valence-electron chi connectivity index (χ4n) is 0.768. The first-order chi connectivity index (χ1) is 5.74. The van der Waals surface area contributed by atoms with Crippen molar-refractivity contribution < 1.29 is 0 Å². The normalized spacial score (nSPS) is 9.08. The molecule has 1 rings (SSSR count). The predicted molar refractivity (Wildman–Crippen MR) is 50.6 cm³/mol. The molecule has 0 heterocycles. The third-order valence-electron chi connectivity index (χ3n) is 1.29. The lowest BCUT2D eigenvalue weighted by Gasteiger charge is -2.03. The number of halogens is 2. The van der Waals surface area contributed by atoms with Crippen LogP contribution in [0.25, 0.3) is 0 Å². The van der Waals surface area contributed by atoms with Crippen LogP contribution in [0, 0.1) is 11.3 Å². The van der Waals surface area contributed by atoms with Crippen LogP contribution in [-0.2, 0) is 0 Å². The molecule has 0 aliphatic rings. The summed E-state index contributed by atoms with van der Waals surface area (Å²) in [7, 11) is 0. The molecule has 62 valence electrons. The highest BCUT2D eigenvalue weighted by molar-refractivity contribution is 6.36. The van der Waals surface area contributed by atoms with Crippen molar-refractivity contribution in [1.82, 2.24) is 0 Å². The van der Waals surface area contributed by atoms with Crippen molar-refractivity contribution in [1.29, 1.82) is 5.26 Å². The van der Waals surface area contributed by atoms with Crippen LogP contribution in [0.2, 0.25) is 10.0 Å². The number of nitrogens with one attached hydrogen (secondary N) is 1. The molecule has 0 aliphatic carbocycles. The van der Waals surface area contributed by atoms with Crippen LogP contribution in [0.15, 0.2) is 18.2 Å². The second-order valence-corrected chi connectivity index (χ2v) is 2.98. The molecule has 0 saturated carbocycles. The second-order valence-electron chi connectivity index (χ2n) is 2.14. The summed E-state index contributed by atoms with van der Waals surface area (Å²) in [6, 6.07) is 7.04. The average Bonchev–Trinajstić information content (AvgIpc) is 2.03. The highest BCUT2D eigenvalue weighted by Gasteiger charge is 1.98. The minimum atomic E-state index is 0.237. The lowest BCUT2D eigenvalue weighted by Crippen LogP contribution is -1.98. The van der Waals surface area contributed by atoms with E-state index in [2.05, 4.69) is 5.32 Å². The number of nitrogens with zero attached hydrogens (tertiary/aromatic N) is 1. The van der Waals surface area contributed by atoms with Crippen LogP contribution in [-0.4, -0.2) is 6.54 Å². The first-order valence-corrected chi connectivity index (χ1v) is 4.05. The van der Waals surface area contributed by atoms with E-state index in [9.17, 15) is 0 Å². The molecular weight excluding hydrogens is 195 g/mol. The number of hydrogen-bond acceptors (Lipinski definition) is 2. The predicted octanol–water partition coefficient (Wildman–Crippen LogP) is 2.93. The van der Waals surface area contributed by atoms with E-state index in [1.165, 1.54) is 0 Å². The first-order valence-electron chi connectivity index (χ1n) is 3.30.